The van der Waals surface area contributed by atoms with Crippen LogP contribution in [0.4, 0.5) is 5.69 Å². The van der Waals surface area contributed by atoms with Crippen LogP contribution < -0.4 is 4.90 Å². The Labute approximate surface area is 155 Å². The quantitative estimate of drug-likeness (QED) is 0.495. The summed E-state index contributed by atoms with van der Waals surface area (Å²) >= 11 is 0. The van der Waals surface area contributed by atoms with Crippen LogP contribution in [-0.2, 0) is 14.3 Å². The third-order valence-electron chi connectivity index (χ3n) is 5.00. The summed E-state index contributed by atoms with van der Waals surface area (Å²) < 4.78 is 5.37. The maximum absolute atomic E-state index is 13.3. The van der Waals surface area contributed by atoms with Crippen molar-refractivity contribution in [2.75, 3.05) is 45.3 Å². The SMILES string of the molecule is CC(=O)CC(CCC=O)(C(=O)c1ccc(N2CCOCC2)cc1)N(C)C. The number of carbonyl (C=O) groups is 3. The smallest absolute Gasteiger partial charge is 0.183 e. The fourth-order valence-corrected chi connectivity index (χ4v) is 3.49. The third-order valence-corrected chi connectivity index (χ3v) is 5.00. The molecular formula is C20H28N2O4. The predicted octanol–water partition coefficient (Wildman–Crippen LogP) is 1.96. The third kappa shape index (κ3) is 4.56. The van der Waals surface area contributed by atoms with Crippen molar-refractivity contribution in [1.29, 1.82) is 0 Å². The maximum atomic E-state index is 13.3. The zero-order valence-electron chi connectivity index (χ0n) is 15.9. The lowest BCUT2D eigenvalue weighted by Gasteiger charge is -2.38. The Morgan fingerprint density at radius 2 is 1.81 bits per heavy atom. The van der Waals surface area contributed by atoms with Crippen LogP contribution in [0.15, 0.2) is 24.3 Å². The van der Waals surface area contributed by atoms with Crippen LogP contribution >= 0.6 is 0 Å². The summed E-state index contributed by atoms with van der Waals surface area (Å²) in [6, 6.07) is 7.50. The molecule has 0 aromatic heterocycles. The van der Waals surface area contributed by atoms with Gasteiger partial charge in [-0.05, 0) is 51.7 Å². The van der Waals surface area contributed by atoms with Crippen molar-refractivity contribution in [2.24, 2.45) is 0 Å². The van der Waals surface area contributed by atoms with Crippen LogP contribution in [0.2, 0.25) is 0 Å². The molecule has 1 aromatic rings. The molecule has 0 bridgehead atoms. The van der Waals surface area contributed by atoms with Gasteiger partial charge in [-0.1, -0.05) is 0 Å². The molecular weight excluding hydrogens is 332 g/mol. The summed E-state index contributed by atoms with van der Waals surface area (Å²) in [5.41, 5.74) is 0.621. The van der Waals surface area contributed by atoms with E-state index in [1.54, 1.807) is 19.0 Å². The molecule has 1 aliphatic heterocycles. The first-order valence-corrected chi connectivity index (χ1v) is 8.99. The van der Waals surface area contributed by atoms with Gasteiger partial charge in [-0.3, -0.25) is 14.5 Å². The molecule has 0 saturated carbocycles. The van der Waals surface area contributed by atoms with Crippen molar-refractivity contribution in [2.45, 2.75) is 31.7 Å². The Balaban J connectivity index is 2.28. The molecule has 6 nitrogen and oxygen atoms in total. The number of ketones is 2. The molecule has 0 amide bonds. The van der Waals surface area contributed by atoms with Gasteiger partial charge >= 0.3 is 0 Å². The molecule has 1 aliphatic rings. The fraction of sp³-hybridized carbons (Fsp3) is 0.550. The zero-order valence-corrected chi connectivity index (χ0v) is 15.9. The second kappa shape index (κ2) is 9.05. The zero-order chi connectivity index (χ0) is 19.2. The van der Waals surface area contributed by atoms with Gasteiger partial charge in [0.25, 0.3) is 0 Å². The van der Waals surface area contributed by atoms with Crippen molar-refractivity contribution in [3.63, 3.8) is 0 Å². The lowest BCUT2D eigenvalue weighted by molar-refractivity contribution is -0.119. The predicted molar refractivity (Wildman–Crippen MR) is 101 cm³/mol. The van der Waals surface area contributed by atoms with Crippen LogP contribution in [-0.4, -0.2) is 68.7 Å². The number of morpholine rings is 1. The molecule has 0 radical (unpaired) electrons. The van der Waals surface area contributed by atoms with E-state index in [2.05, 4.69) is 4.90 Å². The molecule has 1 aromatic carbocycles. The van der Waals surface area contributed by atoms with Gasteiger partial charge < -0.3 is 14.4 Å². The van der Waals surface area contributed by atoms with E-state index in [1.807, 2.05) is 24.3 Å². The van der Waals surface area contributed by atoms with Gasteiger partial charge in [-0.2, -0.15) is 0 Å². The van der Waals surface area contributed by atoms with Gasteiger partial charge in [0.15, 0.2) is 5.78 Å². The number of hydrogen-bond acceptors (Lipinski definition) is 6. The highest BCUT2D eigenvalue weighted by molar-refractivity contribution is 6.05. The molecule has 26 heavy (non-hydrogen) atoms. The number of hydrogen-bond donors (Lipinski definition) is 0. The Hall–Kier alpha value is -2.05. The summed E-state index contributed by atoms with van der Waals surface area (Å²) in [7, 11) is 3.57. The van der Waals surface area contributed by atoms with Crippen LogP contribution in [0.5, 0.6) is 0 Å². The molecule has 0 aliphatic carbocycles. The van der Waals surface area contributed by atoms with Crippen molar-refractivity contribution >= 4 is 23.5 Å². The van der Waals surface area contributed by atoms with Gasteiger partial charge in [0, 0.05) is 37.2 Å². The number of aldehydes is 1. The van der Waals surface area contributed by atoms with Gasteiger partial charge in [-0.25, -0.2) is 0 Å². The van der Waals surface area contributed by atoms with Gasteiger partial charge in [-0.15, -0.1) is 0 Å². The molecule has 2 rings (SSSR count). The van der Waals surface area contributed by atoms with Crippen molar-refractivity contribution < 1.29 is 19.1 Å². The molecule has 6 heteroatoms. The molecule has 1 saturated heterocycles. The Morgan fingerprint density at radius 1 is 1.19 bits per heavy atom. The van der Waals surface area contributed by atoms with Crippen molar-refractivity contribution in [1.82, 2.24) is 4.90 Å². The van der Waals surface area contributed by atoms with Crippen molar-refractivity contribution in [3.05, 3.63) is 29.8 Å². The van der Waals surface area contributed by atoms with Gasteiger partial charge in [0.1, 0.15) is 12.1 Å². The molecule has 1 unspecified atom stereocenters. The summed E-state index contributed by atoms with van der Waals surface area (Å²) in [6.45, 7) is 4.55. The highest BCUT2D eigenvalue weighted by atomic mass is 16.5. The monoisotopic (exact) mass is 360 g/mol. The van der Waals surface area contributed by atoms with E-state index in [9.17, 15) is 14.4 Å². The number of likely N-dealkylation sites (N-methyl/N-ethyl adjacent to an activating group) is 1. The summed E-state index contributed by atoms with van der Waals surface area (Å²) in [4.78, 5) is 40.0. The molecule has 0 spiro atoms. The summed E-state index contributed by atoms with van der Waals surface area (Å²) in [5.74, 6) is -0.184. The number of carbonyl (C=O) groups excluding carboxylic acids is 3. The van der Waals surface area contributed by atoms with E-state index in [0.29, 0.717) is 25.2 Å². The summed E-state index contributed by atoms with van der Waals surface area (Å²) in [6.07, 6.45) is 1.46. The highest BCUT2D eigenvalue weighted by Crippen LogP contribution is 2.29. The number of ether oxygens (including phenoxy) is 1. The lowest BCUT2D eigenvalue weighted by atomic mass is 9.80. The van der Waals surface area contributed by atoms with E-state index < -0.39 is 5.54 Å². The topological polar surface area (TPSA) is 66.9 Å². The molecule has 1 atom stereocenters. The number of anilines is 1. The lowest BCUT2D eigenvalue weighted by Crippen LogP contribution is -2.52. The van der Waals surface area contributed by atoms with E-state index >= 15 is 0 Å². The Bertz CT molecular complexity index is 636. The van der Waals surface area contributed by atoms with Crippen molar-refractivity contribution in [3.8, 4) is 0 Å². The minimum Gasteiger partial charge on any atom is -0.378 e. The first-order valence-electron chi connectivity index (χ1n) is 8.99. The molecule has 1 heterocycles. The number of rotatable bonds is 9. The van der Waals surface area contributed by atoms with Crippen LogP contribution in [0.3, 0.4) is 0 Å². The minimum atomic E-state index is -0.993. The summed E-state index contributed by atoms with van der Waals surface area (Å²) in [5, 5.41) is 0. The average Bonchev–Trinajstić information content (AvgIpc) is 2.65. The minimum absolute atomic E-state index is 0.0668. The fourth-order valence-electron chi connectivity index (χ4n) is 3.49. The number of nitrogens with zero attached hydrogens (tertiary/aromatic N) is 2. The molecule has 0 N–H and O–H groups in total. The normalized spacial score (nSPS) is 17.0. The second-order valence-electron chi connectivity index (χ2n) is 6.99. The molecule has 1 fully saturated rings. The van der Waals surface area contributed by atoms with Gasteiger partial charge in [0.05, 0.1) is 18.8 Å². The van der Waals surface area contributed by atoms with E-state index in [0.717, 1.165) is 25.1 Å². The standard InChI is InChI=1S/C20H28N2O4/c1-16(24)15-20(21(2)3,9-4-12-23)19(25)17-5-7-18(8-6-17)22-10-13-26-14-11-22/h5-8,12H,4,9-11,13-15H2,1-3H3. The van der Waals surface area contributed by atoms with Crippen LogP contribution in [0.25, 0.3) is 0 Å². The largest absolute Gasteiger partial charge is 0.378 e. The average molecular weight is 360 g/mol. The first-order chi connectivity index (χ1) is 12.4. The van der Waals surface area contributed by atoms with Crippen LogP contribution in [0.1, 0.15) is 36.5 Å². The second-order valence-corrected chi connectivity index (χ2v) is 6.99. The van der Waals surface area contributed by atoms with E-state index in [4.69, 9.17) is 4.74 Å². The molecule has 142 valence electrons. The number of benzene rings is 1. The van der Waals surface area contributed by atoms with E-state index in [1.165, 1.54) is 6.92 Å². The number of Topliss-reactive ketones (excluding diaryl/α,β-unsaturated/α-hetero) is 2. The Kier molecular flexibility index (Phi) is 7.06. The van der Waals surface area contributed by atoms with E-state index in [-0.39, 0.29) is 24.4 Å². The highest BCUT2D eigenvalue weighted by Gasteiger charge is 2.41. The van der Waals surface area contributed by atoms with Crippen LogP contribution in [0, 0.1) is 0 Å². The van der Waals surface area contributed by atoms with Gasteiger partial charge in [0.2, 0.25) is 0 Å². The Morgan fingerprint density at radius 3 is 2.31 bits per heavy atom. The first kappa shape index (κ1) is 20.3. The maximum Gasteiger partial charge on any atom is 0.183 e.